The van der Waals surface area contributed by atoms with Gasteiger partial charge < -0.3 is 4.52 Å². The average Bonchev–Trinajstić information content (AvgIpc) is 2.58. The fourth-order valence-electron chi connectivity index (χ4n) is 1.61. The second-order valence-electron chi connectivity index (χ2n) is 3.86. The third kappa shape index (κ3) is 3.43. The van der Waals surface area contributed by atoms with Crippen LogP contribution in [0.3, 0.4) is 0 Å². The molecule has 1 atom stereocenters. The van der Waals surface area contributed by atoms with Crippen molar-refractivity contribution in [2.24, 2.45) is 0 Å². The van der Waals surface area contributed by atoms with Gasteiger partial charge in [-0.05, 0) is 26.7 Å². The van der Waals surface area contributed by atoms with Crippen molar-refractivity contribution in [3.05, 3.63) is 11.5 Å². The first-order chi connectivity index (χ1) is 7.92. The normalized spacial score (nSPS) is 13.9. The molecule has 1 heterocycles. The zero-order valence-electron chi connectivity index (χ0n) is 10.2. The van der Waals surface area contributed by atoms with Gasteiger partial charge >= 0.3 is 0 Å². The van der Waals surface area contributed by atoms with Crippen molar-refractivity contribution in [1.82, 2.24) is 9.88 Å². The Morgan fingerprint density at radius 2 is 2.12 bits per heavy atom. The van der Waals surface area contributed by atoms with E-state index in [-0.39, 0.29) is 10.9 Å². The Balaban J connectivity index is 2.96. The molecule has 0 aliphatic heterocycles. The minimum Gasteiger partial charge on any atom is -0.360 e. The number of aryl methyl sites for hydroxylation is 2. The number of hydrogen-bond acceptors (Lipinski definition) is 4. The molecule has 0 amide bonds. The van der Waals surface area contributed by atoms with Gasteiger partial charge in [-0.25, -0.2) is 13.1 Å². The Hall–Kier alpha value is -0.590. The van der Waals surface area contributed by atoms with Crippen LogP contribution in [0.2, 0.25) is 0 Å². The van der Waals surface area contributed by atoms with Crippen molar-refractivity contribution in [3.8, 4) is 0 Å². The zero-order chi connectivity index (χ0) is 13.1. The first-order valence-electron chi connectivity index (χ1n) is 5.43. The number of halogens is 1. The summed E-state index contributed by atoms with van der Waals surface area (Å²) in [6.07, 6.45) is 1.29. The Bertz CT molecular complexity index is 450. The van der Waals surface area contributed by atoms with Crippen molar-refractivity contribution in [2.75, 3.05) is 5.88 Å². The van der Waals surface area contributed by atoms with Gasteiger partial charge in [0, 0.05) is 11.9 Å². The van der Waals surface area contributed by atoms with Crippen LogP contribution in [0.4, 0.5) is 0 Å². The van der Waals surface area contributed by atoms with Crippen LogP contribution >= 0.6 is 11.6 Å². The lowest BCUT2D eigenvalue weighted by atomic mass is 10.2. The predicted molar refractivity (Wildman–Crippen MR) is 65.7 cm³/mol. The summed E-state index contributed by atoms with van der Waals surface area (Å²) in [6.45, 7) is 5.09. The van der Waals surface area contributed by atoms with E-state index in [0.29, 0.717) is 30.2 Å². The molecule has 0 aliphatic carbocycles. The Kier molecular flexibility index (Phi) is 4.97. The Morgan fingerprint density at radius 3 is 2.53 bits per heavy atom. The first-order valence-corrected chi connectivity index (χ1v) is 7.45. The van der Waals surface area contributed by atoms with Crippen molar-refractivity contribution < 1.29 is 12.9 Å². The van der Waals surface area contributed by atoms with E-state index in [9.17, 15) is 8.42 Å². The second kappa shape index (κ2) is 5.84. The van der Waals surface area contributed by atoms with E-state index in [1.807, 2.05) is 6.92 Å². The SMILES string of the molecule is CCC(CCCl)NS(=O)(=O)c1c(C)noc1C. The number of alkyl halides is 1. The summed E-state index contributed by atoms with van der Waals surface area (Å²) in [5.74, 6) is 0.721. The molecule has 0 radical (unpaired) electrons. The zero-order valence-corrected chi connectivity index (χ0v) is 11.7. The van der Waals surface area contributed by atoms with Crippen LogP contribution in [0.1, 0.15) is 31.2 Å². The van der Waals surface area contributed by atoms with E-state index in [0.717, 1.165) is 0 Å². The number of rotatable bonds is 6. The quantitative estimate of drug-likeness (QED) is 0.809. The maximum absolute atomic E-state index is 12.1. The van der Waals surface area contributed by atoms with E-state index in [4.69, 9.17) is 16.1 Å². The minimum atomic E-state index is -3.58. The average molecular weight is 281 g/mol. The lowest BCUT2D eigenvalue weighted by molar-refractivity contribution is 0.390. The van der Waals surface area contributed by atoms with Gasteiger partial charge in [0.05, 0.1) is 0 Å². The predicted octanol–water partition coefficient (Wildman–Crippen LogP) is 1.98. The monoisotopic (exact) mass is 280 g/mol. The van der Waals surface area contributed by atoms with Gasteiger partial charge in [0.1, 0.15) is 10.6 Å². The fraction of sp³-hybridized carbons (Fsp3) is 0.700. The Morgan fingerprint density at radius 1 is 1.47 bits per heavy atom. The number of aromatic nitrogens is 1. The van der Waals surface area contributed by atoms with Gasteiger partial charge in [0.15, 0.2) is 5.76 Å². The number of hydrogen-bond donors (Lipinski definition) is 1. The lowest BCUT2D eigenvalue weighted by Crippen LogP contribution is -2.35. The van der Waals surface area contributed by atoms with Gasteiger partial charge in [0.25, 0.3) is 0 Å². The molecule has 0 saturated carbocycles. The highest BCUT2D eigenvalue weighted by atomic mass is 35.5. The molecule has 1 aromatic rings. The van der Waals surface area contributed by atoms with Crippen LogP contribution < -0.4 is 4.72 Å². The van der Waals surface area contributed by atoms with Gasteiger partial charge in [-0.1, -0.05) is 12.1 Å². The highest BCUT2D eigenvalue weighted by molar-refractivity contribution is 7.89. The van der Waals surface area contributed by atoms with Crippen LogP contribution in [0.5, 0.6) is 0 Å². The summed E-state index contributed by atoms with van der Waals surface area (Å²) in [5.41, 5.74) is 0.371. The maximum Gasteiger partial charge on any atom is 0.246 e. The molecule has 0 aliphatic rings. The Labute approximate surface area is 107 Å². The molecule has 1 unspecified atom stereocenters. The molecular weight excluding hydrogens is 264 g/mol. The molecule has 1 rings (SSSR count). The first kappa shape index (κ1) is 14.5. The summed E-state index contributed by atoms with van der Waals surface area (Å²) in [4.78, 5) is 0.130. The number of nitrogens with one attached hydrogen (secondary N) is 1. The van der Waals surface area contributed by atoms with E-state index >= 15 is 0 Å². The van der Waals surface area contributed by atoms with E-state index in [1.165, 1.54) is 0 Å². The van der Waals surface area contributed by atoms with Crippen molar-refractivity contribution in [1.29, 1.82) is 0 Å². The third-order valence-electron chi connectivity index (χ3n) is 2.51. The van der Waals surface area contributed by atoms with Crippen LogP contribution in [-0.4, -0.2) is 25.5 Å². The van der Waals surface area contributed by atoms with Gasteiger partial charge in [-0.2, -0.15) is 0 Å². The minimum absolute atomic E-state index is 0.130. The van der Waals surface area contributed by atoms with Crippen LogP contribution in [0.25, 0.3) is 0 Å². The molecule has 0 aromatic carbocycles. The van der Waals surface area contributed by atoms with Gasteiger partial charge in [-0.15, -0.1) is 11.6 Å². The summed E-state index contributed by atoms with van der Waals surface area (Å²) in [7, 11) is -3.58. The van der Waals surface area contributed by atoms with E-state index in [2.05, 4.69) is 9.88 Å². The lowest BCUT2D eigenvalue weighted by Gasteiger charge is -2.15. The van der Waals surface area contributed by atoms with Crippen LogP contribution in [-0.2, 0) is 10.0 Å². The van der Waals surface area contributed by atoms with E-state index in [1.54, 1.807) is 13.8 Å². The second-order valence-corrected chi connectivity index (χ2v) is 5.89. The molecule has 7 heteroatoms. The third-order valence-corrected chi connectivity index (χ3v) is 4.49. The van der Waals surface area contributed by atoms with Crippen LogP contribution in [0.15, 0.2) is 9.42 Å². The largest absolute Gasteiger partial charge is 0.360 e. The molecule has 1 aromatic heterocycles. The van der Waals surface area contributed by atoms with Crippen molar-refractivity contribution >= 4 is 21.6 Å². The standard InChI is InChI=1S/C10H17ClN2O3S/c1-4-9(5-6-11)13-17(14,15)10-7(2)12-16-8(10)3/h9,13H,4-6H2,1-3H3. The smallest absolute Gasteiger partial charge is 0.246 e. The summed E-state index contributed by atoms with van der Waals surface area (Å²) < 4.78 is 31.7. The van der Waals surface area contributed by atoms with Crippen LogP contribution in [0, 0.1) is 13.8 Å². The molecule has 98 valence electrons. The van der Waals surface area contributed by atoms with Gasteiger partial charge in [-0.3, -0.25) is 0 Å². The molecule has 0 spiro atoms. The van der Waals surface area contributed by atoms with Crippen molar-refractivity contribution in [3.63, 3.8) is 0 Å². The van der Waals surface area contributed by atoms with E-state index < -0.39 is 10.0 Å². The summed E-state index contributed by atoms with van der Waals surface area (Å²) >= 11 is 5.63. The molecule has 0 saturated heterocycles. The highest BCUT2D eigenvalue weighted by Gasteiger charge is 2.26. The molecule has 5 nitrogen and oxygen atoms in total. The number of nitrogens with zero attached hydrogens (tertiary/aromatic N) is 1. The van der Waals surface area contributed by atoms with Gasteiger partial charge in [0.2, 0.25) is 10.0 Å². The molecule has 0 fully saturated rings. The molecule has 0 bridgehead atoms. The van der Waals surface area contributed by atoms with Crippen molar-refractivity contribution in [2.45, 2.75) is 44.6 Å². The molecular formula is C10H17ClN2O3S. The molecule has 1 N–H and O–H groups in total. The molecule has 17 heavy (non-hydrogen) atoms. The summed E-state index contributed by atoms with van der Waals surface area (Å²) in [6, 6.07) is -0.161. The highest BCUT2D eigenvalue weighted by Crippen LogP contribution is 2.19. The maximum atomic E-state index is 12.1. The summed E-state index contributed by atoms with van der Waals surface area (Å²) in [5, 5.41) is 3.64. The number of sulfonamides is 1. The fourth-order valence-corrected chi connectivity index (χ4v) is 3.56. The topological polar surface area (TPSA) is 72.2 Å².